The topological polar surface area (TPSA) is 68.0 Å². The Kier molecular flexibility index (Phi) is 9.59. The molecular formula is C34H36N2O4. The molecule has 1 aliphatic rings. The molecule has 0 saturated carbocycles. The Morgan fingerprint density at radius 1 is 0.925 bits per heavy atom. The summed E-state index contributed by atoms with van der Waals surface area (Å²) in [6.07, 6.45) is 5.19. The fourth-order valence-corrected chi connectivity index (χ4v) is 5.12. The summed E-state index contributed by atoms with van der Waals surface area (Å²) in [4.78, 5) is 2.33. The molecule has 1 N–H and O–H groups in total. The molecule has 1 atom stereocenters. The van der Waals surface area contributed by atoms with Crippen molar-refractivity contribution < 1.29 is 19.1 Å². The minimum atomic E-state index is -0.586. The number of benzene rings is 3. The molecule has 1 unspecified atom stereocenters. The Bertz CT molecular complexity index is 1360. The lowest BCUT2D eigenvalue weighted by Gasteiger charge is -2.31. The number of hydrogen-bond donors (Lipinski definition) is 1. The molecule has 6 nitrogen and oxygen atoms in total. The number of methoxy groups -OCH3 is 1. The van der Waals surface area contributed by atoms with Gasteiger partial charge < -0.3 is 19.1 Å². The predicted octanol–water partition coefficient (Wildman–Crippen LogP) is 6.33. The number of ether oxygens (including phenoxy) is 2. The first-order valence-corrected chi connectivity index (χ1v) is 13.8. The van der Waals surface area contributed by atoms with Crippen LogP contribution < -0.4 is 4.74 Å². The minimum Gasteiger partial charge on any atom is -0.490 e. The van der Waals surface area contributed by atoms with Crippen LogP contribution in [-0.4, -0.2) is 54.6 Å². The molecule has 4 aromatic rings. The Hall–Kier alpha value is -3.97. The van der Waals surface area contributed by atoms with Gasteiger partial charge in [0.15, 0.2) is 5.76 Å². The van der Waals surface area contributed by atoms with E-state index in [1.807, 2.05) is 42.5 Å². The number of likely N-dealkylation sites (tertiary alicyclic amines) is 1. The zero-order valence-electron chi connectivity index (χ0n) is 22.9. The van der Waals surface area contributed by atoms with E-state index < -0.39 is 6.10 Å². The van der Waals surface area contributed by atoms with Crippen molar-refractivity contribution >= 4 is 17.7 Å². The van der Waals surface area contributed by atoms with Crippen LogP contribution in [0.2, 0.25) is 0 Å². The maximum absolute atomic E-state index is 10.8. The van der Waals surface area contributed by atoms with Crippen molar-refractivity contribution in [3.8, 4) is 5.75 Å². The standard InChI is InChI=1S/C34H36N2O4/c1-38-25-32-22-30(35-40-32)17-16-26-10-8-9-15-33(26)39-24-31(37)23-36-20-18-29(19-21-36)34(27-11-4-2-5-12-27)28-13-6-3-7-14-28/h2-17,22,31,37H,18-21,23-25H2,1H3/b17-16+. The van der Waals surface area contributed by atoms with Crippen LogP contribution in [0, 0.1) is 0 Å². The monoisotopic (exact) mass is 536 g/mol. The molecule has 0 amide bonds. The van der Waals surface area contributed by atoms with Crippen LogP contribution in [0.15, 0.2) is 101 Å². The Morgan fingerprint density at radius 3 is 2.25 bits per heavy atom. The van der Waals surface area contributed by atoms with Crippen LogP contribution in [0.1, 0.15) is 41.0 Å². The number of para-hydroxylation sites is 1. The number of aliphatic hydroxyl groups is 1. The number of rotatable bonds is 11. The highest BCUT2D eigenvalue weighted by molar-refractivity contribution is 5.82. The summed E-state index contributed by atoms with van der Waals surface area (Å²) in [5.41, 5.74) is 6.96. The molecule has 1 saturated heterocycles. The summed E-state index contributed by atoms with van der Waals surface area (Å²) in [6, 6.07) is 30.9. The molecule has 1 aliphatic heterocycles. The van der Waals surface area contributed by atoms with E-state index in [1.165, 1.54) is 22.3 Å². The Labute approximate surface area is 236 Å². The zero-order chi connectivity index (χ0) is 27.6. The molecule has 40 heavy (non-hydrogen) atoms. The second-order valence-electron chi connectivity index (χ2n) is 10.00. The molecule has 1 aromatic heterocycles. The summed E-state index contributed by atoms with van der Waals surface area (Å²) in [5.74, 6) is 1.39. The fourth-order valence-electron chi connectivity index (χ4n) is 5.12. The lowest BCUT2D eigenvalue weighted by Crippen LogP contribution is -2.39. The first-order chi connectivity index (χ1) is 19.7. The van der Waals surface area contributed by atoms with Crippen molar-refractivity contribution in [2.75, 3.05) is 33.4 Å². The Balaban J connectivity index is 1.17. The fraction of sp³-hybridized carbons (Fsp3) is 0.265. The van der Waals surface area contributed by atoms with Crippen LogP contribution in [0.5, 0.6) is 5.75 Å². The van der Waals surface area contributed by atoms with Gasteiger partial charge in [0.2, 0.25) is 0 Å². The van der Waals surface area contributed by atoms with Gasteiger partial charge >= 0.3 is 0 Å². The van der Waals surface area contributed by atoms with Gasteiger partial charge in [-0.2, -0.15) is 0 Å². The molecule has 6 heteroatoms. The number of nitrogens with zero attached hydrogens (tertiary/aromatic N) is 2. The smallest absolute Gasteiger partial charge is 0.162 e. The summed E-state index contributed by atoms with van der Waals surface area (Å²) in [5, 5.41) is 14.9. The predicted molar refractivity (Wildman–Crippen MR) is 159 cm³/mol. The maximum atomic E-state index is 10.8. The molecule has 0 spiro atoms. The van der Waals surface area contributed by atoms with Gasteiger partial charge in [0.1, 0.15) is 30.8 Å². The third-order valence-corrected chi connectivity index (χ3v) is 7.05. The van der Waals surface area contributed by atoms with Gasteiger partial charge in [0, 0.05) is 38.4 Å². The third kappa shape index (κ3) is 7.36. The average molecular weight is 537 g/mol. The van der Waals surface area contributed by atoms with E-state index in [2.05, 4.69) is 70.7 Å². The molecule has 206 valence electrons. The van der Waals surface area contributed by atoms with Gasteiger partial charge in [-0.3, -0.25) is 4.90 Å². The minimum absolute atomic E-state index is 0.227. The molecule has 2 heterocycles. The molecule has 1 fully saturated rings. The molecule has 0 bridgehead atoms. The highest BCUT2D eigenvalue weighted by atomic mass is 16.5. The summed E-state index contributed by atoms with van der Waals surface area (Å²) in [6.45, 7) is 3.02. The molecular weight excluding hydrogens is 500 g/mol. The second kappa shape index (κ2) is 13.9. The van der Waals surface area contributed by atoms with Crippen molar-refractivity contribution in [2.24, 2.45) is 0 Å². The summed E-state index contributed by atoms with van der Waals surface area (Å²) < 4.78 is 16.4. The van der Waals surface area contributed by atoms with Crippen molar-refractivity contribution in [3.63, 3.8) is 0 Å². The maximum Gasteiger partial charge on any atom is 0.162 e. The number of piperidine rings is 1. The van der Waals surface area contributed by atoms with Crippen molar-refractivity contribution in [2.45, 2.75) is 25.6 Å². The van der Waals surface area contributed by atoms with Gasteiger partial charge in [-0.25, -0.2) is 0 Å². The lowest BCUT2D eigenvalue weighted by molar-refractivity contribution is 0.0655. The van der Waals surface area contributed by atoms with Crippen molar-refractivity contribution in [1.82, 2.24) is 10.1 Å². The SMILES string of the molecule is COCc1cc(/C=C/c2ccccc2OCC(O)CN2CCC(=C(c3ccccc3)c3ccccc3)CC2)no1. The van der Waals surface area contributed by atoms with Crippen molar-refractivity contribution in [3.05, 3.63) is 125 Å². The van der Waals surface area contributed by atoms with Gasteiger partial charge in [0.05, 0.1) is 0 Å². The highest BCUT2D eigenvalue weighted by Crippen LogP contribution is 2.32. The number of aliphatic hydroxyl groups excluding tert-OH is 1. The normalized spacial score (nSPS) is 14.9. The van der Waals surface area contributed by atoms with Crippen LogP contribution in [0.4, 0.5) is 0 Å². The number of hydrogen-bond acceptors (Lipinski definition) is 6. The van der Waals surface area contributed by atoms with Crippen LogP contribution in [0.3, 0.4) is 0 Å². The van der Waals surface area contributed by atoms with Gasteiger partial charge in [0.25, 0.3) is 0 Å². The first kappa shape index (κ1) is 27.6. The summed E-state index contributed by atoms with van der Waals surface area (Å²) in [7, 11) is 1.62. The van der Waals surface area contributed by atoms with E-state index >= 15 is 0 Å². The van der Waals surface area contributed by atoms with Gasteiger partial charge in [-0.15, -0.1) is 0 Å². The number of β-amino-alcohol motifs (C(OH)–C–C–N with tert-alkyl or cyclic N) is 1. The summed E-state index contributed by atoms with van der Waals surface area (Å²) >= 11 is 0. The van der Waals surface area contributed by atoms with Crippen LogP contribution in [0.25, 0.3) is 17.7 Å². The van der Waals surface area contributed by atoms with Gasteiger partial charge in [-0.05, 0) is 47.8 Å². The van der Waals surface area contributed by atoms with E-state index in [0.717, 1.165) is 37.2 Å². The highest BCUT2D eigenvalue weighted by Gasteiger charge is 2.21. The van der Waals surface area contributed by atoms with E-state index in [9.17, 15) is 5.11 Å². The average Bonchev–Trinajstić information content (AvgIpc) is 3.45. The molecule has 0 radical (unpaired) electrons. The van der Waals surface area contributed by atoms with E-state index in [-0.39, 0.29) is 6.61 Å². The molecule has 3 aromatic carbocycles. The van der Waals surface area contributed by atoms with Crippen molar-refractivity contribution in [1.29, 1.82) is 0 Å². The Morgan fingerprint density at radius 2 is 1.57 bits per heavy atom. The van der Waals surface area contributed by atoms with E-state index in [0.29, 0.717) is 24.6 Å². The number of aromatic nitrogens is 1. The van der Waals surface area contributed by atoms with E-state index in [4.69, 9.17) is 14.0 Å². The van der Waals surface area contributed by atoms with Crippen LogP contribution in [-0.2, 0) is 11.3 Å². The molecule has 0 aliphatic carbocycles. The third-order valence-electron chi connectivity index (χ3n) is 7.05. The van der Waals surface area contributed by atoms with Crippen LogP contribution >= 0.6 is 0 Å². The first-order valence-electron chi connectivity index (χ1n) is 13.8. The van der Waals surface area contributed by atoms with Gasteiger partial charge in [-0.1, -0.05) is 89.6 Å². The second-order valence-corrected chi connectivity index (χ2v) is 10.00. The van der Waals surface area contributed by atoms with E-state index in [1.54, 1.807) is 7.11 Å². The largest absolute Gasteiger partial charge is 0.490 e. The quantitative estimate of drug-likeness (QED) is 0.242. The lowest BCUT2D eigenvalue weighted by atomic mass is 9.88. The molecule has 5 rings (SSSR count). The zero-order valence-corrected chi connectivity index (χ0v) is 22.9.